The van der Waals surface area contributed by atoms with Crippen molar-refractivity contribution in [2.75, 3.05) is 5.32 Å². The molecule has 0 saturated heterocycles. The van der Waals surface area contributed by atoms with Crippen molar-refractivity contribution in [3.8, 4) is 11.5 Å². The van der Waals surface area contributed by atoms with Crippen LogP contribution in [0.15, 0.2) is 28.7 Å². The molecule has 1 aromatic carbocycles. The van der Waals surface area contributed by atoms with Crippen molar-refractivity contribution in [1.82, 2.24) is 10.2 Å². The summed E-state index contributed by atoms with van der Waals surface area (Å²) in [6.07, 6.45) is 0. The van der Waals surface area contributed by atoms with Crippen LogP contribution in [0.25, 0.3) is 11.5 Å². The molecule has 5 nitrogen and oxygen atoms in total. The van der Waals surface area contributed by atoms with Crippen LogP contribution in [-0.2, 0) is 10.7 Å². The van der Waals surface area contributed by atoms with Gasteiger partial charge in [-0.15, -0.1) is 21.8 Å². The largest absolute Gasteiger partial charge is 0.419 e. The van der Waals surface area contributed by atoms with E-state index in [1.165, 1.54) is 6.92 Å². The molecule has 1 N–H and O–H groups in total. The lowest BCUT2D eigenvalue weighted by Gasteiger charge is -2.02. The van der Waals surface area contributed by atoms with Crippen LogP contribution >= 0.6 is 11.6 Å². The molecule has 0 fully saturated rings. The standard InChI is InChI=1S/C11H10ClN3O2/c1-7(16)13-9-4-2-3-8(5-9)11-15-14-10(6-12)17-11/h2-5H,6H2,1H3,(H,13,16). The highest BCUT2D eigenvalue weighted by molar-refractivity contribution is 6.16. The molecule has 1 amide bonds. The van der Waals surface area contributed by atoms with E-state index in [1.54, 1.807) is 18.2 Å². The number of rotatable bonds is 3. The van der Waals surface area contributed by atoms with Crippen LogP contribution in [0.1, 0.15) is 12.8 Å². The summed E-state index contributed by atoms with van der Waals surface area (Å²) in [5.74, 6) is 0.798. The van der Waals surface area contributed by atoms with E-state index in [2.05, 4.69) is 15.5 Å². The summed E-state index contributed by atoms with van der Waals surface area (Å²) in [7, 11) is 0. The second-order valence-electron chi connectivity index (χ2n) is 3.40. The Balaban J connectivity index is 2.29. The number of nitrogens with one attached hydrogen (secondary N) is 1. The molecule has 0 atom stereocenters. The predicted octanol–water partition coefficient (Wildman–Crippen LogP) is 2.43. The van der Waals surface area contributed by atoms with Crippen LogP contribution in [0, 0.1) is 0 Å². The summed E-state index contributed by atoms with van der Waals surface area (Å²) < 4.78 is 5.31. The molecule has 0 aliphatic carbocycles. The summed E-state index contributed by atoms with van der Waals surface area (Å²) in [5.41, 5.74) is 1.42. The molecule has 88 valence electrons. The minimum atomic E-state index is -0.130. The third-order valence-corrected chi connectivity index (χ3v) is 2.24. The van der Waals surface area contributed by atoms with Gasteiger partial charge in [0, 0.05) is 18.2 Å². The van der Waals surface area contributed by atoms with E-state index in [0.29, 0.717) is 17.5 Å². The van der Waals surface area contributed by atoms with Gasteiger partial charge in [-0.2, -0.15) is 0 Å². The van der Waals surface area contributed by atoms with Gasteiger partial charge in [0.15, 0.2) is 0 Å². The van der Waals surface area contributed by atoms with Crippen molar-refractivity contribution in [3.63, 3.8) is 0 Å². The molecule has 0 bridgehead atoms. The first-order valence-electron chi connectivity index (χ1n) is 4.95. The summed E-state index contributed by atoms with van der Waals surface area (Å²) in [6, 6.07) is 7.15. The molecule has 0 unspecified atom stereocenters. The smallest absolute Gasteiger partial charge is 0.247 e. The molecular weight excluding hydrogens is 242 g/mol. The van der Waals surface area contributed by atoms with Crippen molar-refractivity contribution >= 4 is 23.2 Å². The Hall–Kier alpha value is -1.88. The fourth-order valence-corrected chi connectivity index (χ4v) is 1.47. The van der Waals surface area contributed by atoms with E-state index >= 15 is 0 Å². The van der Waals surface area contributed by atoms with Crippen molar-refractivity contribution in [2.45, 2.75) is 12.8 Å². The summed E-state index contributed by atoms with van der Waals surface area (Å²) >= 11 is 5.57. The maximum Gasteiger partial charge on any atom is 0.247 e. The number of aromatic nitrogens is 2. The van der Waals surface area contributed by atoms with Crippen LogP contribution in [-0.4, -0.2) is 16.1 Å². The normalized spacial score (nSPS) is 10.2. The lowest BCUT2D eigenvalue weighted by Crippen LogP contribution is -2.05. The number of hydrogen-bond donors (Lipinski definition) is 1. The number of carbonyl (C=O) groups excluding carboxylic acids is 1. The summed E-state index contributed by atoms with van der Waals surface area (Å²) in [6.45, 7) is 1.45. The maximum absolute atomic E-state index is 10.9. The van der Waals surface area contributed by atoms with Crippen molar-refractivity contribution in [3.05, 3.63) is 30.2 Å². The lowest BCUT2D eigenvalue weighted by molar-refractivity contribution is -0.114. The Morgan fingerprint density at radius 1 is 1.47 bits per heavy atom. The Morgan fingerprint density at radius 3 is 2.94 bits per heavy atom. The first-order chi connectivity index (χ1) is 8.19. The third-order valence-electron chi connectivity index (χ3n) is 2.01. The molecule has 2 aromatic rings. The monoisotopic (exact) mass is 251 g/mol. The number of carbonyl (C=O) groups is 1. The highest BCUT2D eigenvalue weighted by Crippen LogP contribution is 2.21. The van der Waals surface area contributed by atoms with Gasteiger partial charge in [0.05, 0.1) is 0 Å². The average Bonchev–Trinajstić information content (AvgIpc) is 2.77. The number of anilines is 1. The highest BCUT2D eigenvalue weighted by atomic mass is 35.5. The van der Waals surface area contributed by atoms with Gasteiger partial charge in [0.1, 0.15) is 5.88 Å². The van der Waals surface area contributed by atoms with E-state index in [9.17, 15) is 4.79 Å². The second kappa shape index (κ2) is 4.97. The minimum absolute atomic E-state index is 0.130. The van der Waals surface area contributed by atoms with Crippen LogP contribution in [0.2, 0.25) is 0 Å². The fraction of sp³-hybridized carbons (Fsp3) is 0.182. The second-order valence-corrected chi connectivity index (χ2v) is 3.66. The van der Waals surface area contributed by atoms with Gasteiger partial charge >= 0.3 is 0 Å². The van der Waals surface area contributed by atoms with Crippen molar-refractivity contribution in [2.24, 2.45) is 0 Å². The first kappa shape index (κ1) is 11.6. The Kier molecular flexibility index (Phi) is 3.39. The van der Waals surface area contributed by atoms with Gasteiger partial charge < -0.3 is 9.73 Å². The molecule has 0 spiro atoms. The van der Waals surface area contributed by atoms with Gasteiger partial charge in [-0.25, -0.2) is 0 Å². The summed E-state index contributed by atoms with van der Waals surface area (Å²) in [5, 5.41) is 10.3. The number of halogens is 1. The number of nitrogens with zero attached hydrogens (tertiary/aromatic N) is 2. The molecule has 1 aromatic heterocycles. The Labute approximate surface area is 103 Å². The molecule has 0 radical (unpaired) electrons. The van der Waals surface area contributed by atoms with Gasteiger partial charge in [-0.3, -0.25) is 4.79 Å². The Morgan fingerprint density at radius 2 is 2.29 bits per heavy atom. The van der Waals surface area contributed by atoms with Crippen molar-refractivity contribution < 1.29 is 9.21 Å². The fourth-order valence-electron chi connectivity index (χ4n) is 1.36. The molecular formula is C11H10ClN3O2. The van der Waals surface area contributed by atoms with Crippen LogP contribution in [0.3, 0.4) is 0 Å². The van der Waals surface area contributed by atoms with E-state index in [4.69, 9.17) is 16.0 Å². The van der Waals surface area contributed by atoms with E-state index in [1.807, 2.05) is 6.07 Å². The van der Waals surface area contributed by atoms with Gasteiger partial charge in [0.25, 0.3) is 0 Å². The number of benzene rings is 1. The molecule has 0 aliphatic heterocycles. The van der Waals surface area contributed by atoms with E-state index < -0.39 is 0 Å². The first-order valence-corrected chi connectivity index (χ1v) is 5.49. The number of alkyl halides is 1. The Bertz CT molecular complexity index is 539. The van der Waals surface area contributed by atoms with E-state index in [0.717, 1.165) is 5.56 Å². The zero-order valence-corrected chi connectivity index (χ0v) is 9.86. The number of amides is 1. The van der Waals surface area contributed by atoms with Gasteiger partial charge in [-0.05, 0) is 18.2 Å². The molecule has 0 aliphatic rings. The molecule has 6 heteroatoms. The predicted molar refractivity (Wildman–Crippen MR) is 63.6 cm³/mol. The van der Waals surface area contributed by atoms with Gasteiger partial charge in [0.2, 0.25) is 17.7 Å². The van der Waals surface area contributed by atoms with Crippen LogP contribution in [0.4, 0.5) is 5.69 Å². The topological polar surface area (TPSA) is 68.0 Å². The molecule has 17 heavy (non-hydrogen) atoms. The average molecular weight is 252 g/mol. The lowest BCUT2D eigenvalue weighted by atomic mass is 10.2. The zero-order valence-electron chi connectivity index (χ0n) is 9.11. The molecule has 1 heterocycles. The quantitative estimate of drug-likeness (QED) is 0.851. The SMILES string of the molecule is CC(=O)Nc1cccc(-c2nnc(CCl)o2)c1. The zero-order chi connectivity index (χ0) is 12.3. The third kappa shape index (κ3) is 2.82. The highest BCUT2D eigenvalue weighted by Gasteiger charge is 2.08. The molecule has 2 rings (SSSR count). The van der Waals surface area contributed by atoms with Gasteiger partial charge in [-0.1, -0.05) is 6.07 Å². The number of hydrogen-bond acceptors (Lipinski definition) is 4. The van der Waals surface area contributed by atoms with Crippen LogP contribution in [0.5, 0.6) is 0 Å². The van der Waals surface area contributed by atoms with Crippen LogP contribution < -0.4 is 5.32 Å². The van der Waals surface area contributed by atoms with E-state index in [-0.39, 0.29) is 11.8 Å². The van der Waals surface area contributed by atoms with Crippen molar-refractivity contribution in [1.29, 1.82) is 0 Å². The summed E-state index contributed by atoms with van der Waals surface area (Å²) in [4.78, 5) is 10.9. The maximum atomic E-state index is 10.9. The minimum Gasteiger partial charge on any atom is -0.419 e. The molecule has 0 saturated carbocycles.